The van der Waals surface area contributed by atoms with Crippen LogP contribution in [0.4, 0.5) is 0 Å². The van der Waals surface area contributed by atoms with E-state index < -0.39 is 0 Å². The molecule has 1 aliphatic rings. The maximum absolute atomic E-state index is 9.61. The number of likely N-dealkylation sites (tertiary alicyclic amines) is 1. The van der Waals surface area contributed by atoms with Gasteiger partial charge in [0.25, 0.3) is 0 Å². The first-order valence-electron chi connectivity index (χ1n) is 7.15. The highest BCUT2D eigenvalue weighted by Gasteiger charge is 2.22. The van der Waals surface area contributed by atoms with Crippen LogP contribution >= 0.6 is 35.6 Å². The maximum atomic E-state index is 9.61. The number of nitrogens with zero attached hydrogens (tertiary/aromatic N) is 2. The van der Waals surface area contributed by atoms with Gasteiger partial charge in [-0.25, -0.2) is 0 Å². The van der Waals surface area contributed by atoms with E-state index in [1.807, 2.05) is 24.3 Å². The zero-order valence-electron chi connectivity index (χ0n) is 12.3. The predicted molar refractivity (Wildman–Crippen MR) is 98.7 cm³/mol. The molecule has 1 aromatic carbocycles. The summed E-state index contributed by atoms with van der Waals surface area (Å²) < 4.78 is 0. The van der Waals surface area contributed by atoms with Crippen molar-refractivity contribution >= 4 is 41.5 Å². The molecule has 1 heterocycles. The SMILES string of the molecule is CCNC(=NCCc1ccccc1Cl)N1CC[C@@H](O)C1.I. The van der Waals surface area contributed by atoms with Gasteiger partial charge in [-0.3, -0.25) is 4.99 Å². The first-order valence-corrected chi connectivity index (χ1v) is 7.53. The number of aliphatic imine (C=N–C) groups is 1. The summed E-state index contributed by atoms with van der Waals surface area (Å²) in [6.45, 7) is 5.10. The largest absolute Gasteiger partial charge is 0.391 e. The highest BCUT2D eigenvalue weighted by molar-refractivity contribution is 14.0. The van der Waals surface area contributed by atoms with E-state index in [-0.39, 0.29) is 30.1 Å². The molecule has 1 saturated heterocycles. The molecule has 1 fully saturated rings. The van der Waals surface area contributed by atoms with Gasteiger partial charge in [0.15, 0.2) is 5.96 Å². The standard InChI is InChI=1S/C15H22ClN3O.HI/c1-2-17-15(19-10-8-13(20)11-19)18-9-7-12-5-3-4-6-14(12)16;/h3-6,13,20H,2,7-11H2,1H3,(H,17,18);1H/t13-;/m1./s1. The molecular formula is C15H23ClIN3O. The van der Waals surface area contributed by atoms with Gasteiger partial charge in [-0.15, -0.1) is 24.0 Å². The van der Waals surface area contributed by atoms with Gasteiger partial charge < -0.3 is 15.3 Å². The Morgan fingerprint density at radius 2 is 2.24 bits per heavy atom. The van der Waals surface area contributed by atoms with Crippen molar-refractivity contribution < 1.29 is 5.11 Å². The van der Waals surface area contributed by atoms with Gasteiger partial charge in [-0.1, -0.05) is 29.8 Å². The second-order valence-corrected chi connectivity index (χ2v) is 5.37. The Hall–Kier alpha value is -0.530. The van der Waals surface area contributed by atoms with Crippen LogP contribution in [0.3, 0.4) is 0 Å². The van der Waals surface area contributed by atoms with Crippen LogP contribution < -0.4 is 5.32 Å². The van der Waals surface area contributed by atoms with E-state index in [2.05, 4.69) is 22.1 Å². The summed E-state index contributed by atoms with van der Waals surface area (Å²) in [6, 6.07) is 7.87. The topological polar surface area (TPSA) is 47.9 Å². The Labute approximate surface area is 148 Å². The van der Waals surface area contributed by atoms with E-state index in [1.165, 1.54) is 0 Å². The summed E-state index contributed by atoms with van der Waals surface area (Å²) in [4.78, 5) is 6.74. The fourth-order valence-corrected chi connectivity index (χ4v) is 2.57. The maximum Gasteiger partial charge on any atom is 0.194 e. The van der Waals surface area contributed by atoms with E-state index in [0.29, 0.717) is 13.1 Å². The van der Waals surface area contributed by atoms with Crippen LogP contribution in [-0.4, -0.2) is 48.2 Å². The number of hydrogen-bond donors (Lipinski definition) is 2. The minimum Gasteiger partial charge on any atom is -0.391 e. The second-order valence-electron chi connectivity index (χ2n) is 4.97. The zero-order chi connectivity index (χ0) is 14.4. The summed E-state index contributed by atoms with van der Waals surface area (Å²) in [7, 11) is 0. The Bertz CT molecular complexity index is 470. The molecule has 1 aromatic rings. The summed E-state index contributed by atoms with van der Waals surface area (Å²) in [6.07, 6.45) is 1.40. The van der Waals surface area contributed by atoms with Gasteiger partial charge in [-0.2, -0.15) is 0 Å². The molecular weight excluding hydrogens is 401 g/mol. The number of benzene rings is 1. The van der Waals surface area contributed by atoms with Crippen LogP contribution in [0.25, 0.3) is 0 Å². The third kappa shape index (κ3) is 5.64. The van der Waals surface area contributed by atoms with Crippen molar-refractivity contribution in [2.45, 2.75) is 25.9 Å². The van der Waals surface area contributed by atoms with Crippen LogP contribution in [0.2, 0.25) is 5.02 Å². The van der Waals surface area contributed by atoms with Crippen LogP contribution in [0.1, 0.15) is 18.9 Å². The number of halogens is 2. The average Bonchev–Trinajstić information content (AvgIpc) is 2.86. The van der Waals surface area contributed by atoms with E-state index in [0.717, 1.165) is 42.5 Å². The molecule has 0 saturated carbocycles. The number of aliphatic hydroxyl groups is 1. The van der Waals surface area contributed by atoms with E-state index >= 15 is 0 Å². The third-order valence-corrected chi connectivity index (χ3v) is 3.77. The molecule has 2 N–H and O–H groups in total. The Morgan fingerprint density at radius 3 is 2.86 bits per heavy atom. The summed E-state index contributed by atoms with van der Waals surface area (Å²) in [5, 5.41) is 13.7. The van der Waals surface area contributed by atoms with Gasteiger partial charge >= 0.3 is 0 Å². The monoisotopic (exact) mass is 423 g/mol. The van der Waals surface area contributed by atoms with Gasteiger partial charge in [-0.05, 0) is 31.4 Å². The molecule has 118 valence electrons. The molecule has 1 atom stereocenters. The van der Waals surface area contributed by atoms with Gasteiger partial charge in [0.05, 0.1) is 6.10 Å². The molecule has 0 spiro atoms. The quantitative estimate of drug-likeness (QED) is 0.444. The number of hydrogen-bond acceptors (Lipinski definition) is 2. The first kappa shape index (κ1) is 18.5. The first-order chi connectivity index (χ1) is 9.70. The lowest BCUT2D eigenvalue weighted by Crippen LogP contribution is -2.40. The molecule has 0 aliphatic carbocycles. The van der Waals surface area contributed by atoms with E-state index in [4.69, 9.17) is 11.6 Å². The number of rotatable bonds is 4. The second kappa shape index (κ2) is 9.48. The molecule has 0 unspecified atom stereocenters. The van der Waals surface area contributed by atoms with Crippen molar-refractivity contribution in [3.63, 3.8) is 0 Å². The van der Waals surface area contributed by atoms with Crippen LogP contribution in [0, 0.1) is 0 Å². The van der Waals surface area contributed by atoms with Crippen molar-refractivity contribution in [3.05, 3.63) is 34.9 Å². The molecule has 1 aliphatic heterocycles. The molecule has 0 bridgehead atoms. The molecule has 0 aromatic heterocycles. The highest BCUT2D eigenvalue weighted by Crippen LogP contribution is 2.15. The number of aliphatic hydroxyl groups excluding tert-OH is 1. The lowest BCUT2D eigenvalue weighted by Gasteiger charge is -2.20. The van der Waals surface area contributed by atoms with Crippen molar-refractivity contribution in [2.24, 2.45) is 4.99 Å². The summed E-state index contributed by atoms with van der Waals surface area (Å²) >= 11 is 6.14. The van der Waals surface area contributed by atoms with Crippen molar-refractivity contribution in [3.8, 4) is 0 Å². The fourth-order valence-electron chi connectivity index (χ4n) is 2.34. The zero-order valence-corrected chi connectivity index (χ0v) is 15.3. The fraction of sp³-hybridized carbons (Fsp3) is 0.533. The molecule has 2 rings (SSSR count). The van der Waals surface area contributed by atoms with Crippen LogP contribution in [0.5, 0.6) is 0 Å². The van der Waals surface area contributed by atoms with Crippen molar-refractivity contribution in [1.29, 1.82) is 0 Å². The Morgan fingerprint density at radius 1 is 1.48 bits per heavy atom. The minimum absolute atomic E-state index is 0. The summed E-state index contributed by atoms with van der Waals surface area (Å²) in [5.74, 6) is 0.885. The van der Waals surface area contributed by atoms with Gasteiger partial charge in [0, 0.05) is 31.2 Å². The highest BCUT2D eigenvalue weighted by atomic mass is 127. The van der Waals surface area contributed by atoms with Crippen LogP contribution in [-0.2, 0) is 6.42 Å². The number of nitrogens with one attached hydrogen (secondary N) is 1. The molecule has 6 heteroatoms. The van der Waals surface area contributed by atoms with Crippen molar-refractivity contribution in [1.82, 2.24) is 10.2 Å². The normalized spacial score (nSPS) is 18.5. The lowest BCUT2D eigenvalue weighted by atomic mass is 10.1. The number of β-amino-alcohol motifs (C(OH)–C–C–N with tert-alkyl or cyclic N) is 1. The lowest BCUT2D eigenvalue weighted by molar-refractivity contribution is 0.188. The molecule has 0 radical (unpaired) electrons. The van der Waals surface area contributed by atoms with Crippen LogP contribution in [0.15, 0.2) is 29.3 Å². The Balaban J connectivity index is 0.00000220. The number of guanidine groups is 1. The van der Waals surface area contributed by atoms with Gasteiger partial charge in [0.2, 0.25) is 0 Å². The van der Waals surface area contributed by atoms with E-state index in [9.17, 15) is 5.11 Å². The van der Waals surface area contributed by atoms with Gasteiger partial charge in [0.1, 0.15) is 0 Å². The third-order valence-electron chi connectivity index (χ3n) is 3.40. The average molecular weight is 424 g/mol. The molecule has 0 amide bonds. The Kier molecular flexibility index (Phi) is 8.36. The minimum atomic E-state index is -0.234. The van der Waals surface area contributed by atoms with E-state index in [1.54, 1.807) is 0 Å². The smallest absolute Gasteiger partial charge is 0.194 e. The predicted octanol–water partition coefficient (Wildman–Crippen LogP) is 2.53. The molecule has 4 nitrogen and oxygen atoms in total. The molecule has 21 heavy (non-hydrogen) atoms. The summed E-state index contributed by atoms with van der Waals surface area (Å²) in [5.41, 5.74) is 1.12. The van der Waals surface area contributed by atoms with Crippen molar-refractivity contribution in [2.75, 3.05) is 26.2 Å².